The number of phenolic OH excluding ortho intramolecular Hbond substituents is 1. The first kappa shape index (κ1) is 22.9. The number of rotatable bonds is 2. The first-order chi connectivity index (χ1) is 15.5. The van der Waals surface area contributed by atoms with Crippen LogP contribution in [-0.4, -0.2) is 36.4 Å². The number of carbonyl (C=O) groups excluding carboxylic acids is 1. The third-order valence-corrected chi connectivity index (χ3v) is 6.69. The summed E-state index contributed by atoms with van der Waals surface area (Å²) in [5, 5.41) is 14.0. The summed E-state index contributed by atoms with van der Waals surface area (Å²) in [7, 11) is -3.49. The summed E-state index contributed by atoms with van der Waals surface area (Å²) in [6.07, 6.45) is 0.912. The number of carbonyl (C=O) groups is 1. The summed E-state index contributed by atoms with van der Waals surface area (Å²) >= 11 is 2.97. The highest BCUT2D eigenvalue weighted by Crippen LogP contribution is 2.39. The summed E-state index contributed by atoms with van der Waals surface area (Å²) in [6, 6.07) is 4.05. The summed E-state index contributed by atoms with van der Waals surface area (Å²) in [5.41, 5.74) is -0.839. The minimum absolute atomic E-state index is 0.0277. The average Bonchev–Trinajstić information content (AvgIpc) is 3.17. The van der Waals surface area contributed by atoms with Crippen LogP contribution in [0.5, 0.6) is 11.5 Å². The molecule has 0 saturated carbocycles. The Bertz CT molecular complexity index is 1390. The predicted molar refractivity (Wildman–Crippen MR) is 111 cm³/mol. The summed E-state index contributed by atoms with van der Waals surface area (Å²) in [4.78, 5) is 11.8. The second-order valence-electron chi connectivity index (χ2n) is 6.77. The number of methoxy groups -OCH3 is 1. The van der Waals surface area contributed by atoms with Crippen LogP contribution in [0.4, 0.5) is 18.9 Å². The van der Waals surface area contributed by atoms with Crippen molar-refractivity contribution in [2.45, 2.75) is 18.1 Å². The second-order valence-corrected chi connectivity index (χ2v) is 9.28. The molecule has 0 amide bonds. The standard InChI is InChI=1S/C19H13BrF3N3O6S/c1-31-17-12(21)3-8-4-13(17)25-33(29,30)15-5-9(2-11(20)16(15)27)18(28)32-7-14-10(8)6-26(24-14)19(22)23/h2-6,19,25,27H,7H2,1H3. The lowest BCUT2D eigenvalue weighted by Gasteiger charge is -2.15. The quantitative estimate of drug-likeness (QED) is 0.464. The van der Waals surface area contributed by atoms with Gasteiger partial charge in [-0.15, -0.1) is 0 Å². The predicted octanol–water partition coefficient (Wildman–Crippen LogP) is 4.03. The maximum absolute atomic E-state index is 14.8. The van der Waals surface area contributed by atoms with Crippen molar-refractivity contribution in [1.82, 2.24) is 9.78 Å². The molecule has 4 bridgehead atoms. The molecule has 2 N–H and O–H groups in total. The summed E-state index contributed by atoms with van der Waals surface area (Å²) in [5.74, 6) is -3.21. The van der Waals surface area contributed by atoms with E-state index in [9.17, 15) is 31.5 Å². The molecular weight excluding hydrogens is 535 g/mol. The molecule has 1 aromatic heterocycles. The zero-order chi connectivity index (χ0) is 24.1. The smallest absolute Gasteiger partial charge is 0.338 e. The molecule has 0 fully saturated rings. The first-order valence-corrected chi connectivity index (χ1v) is 11.3. The van der Waals surface area contributed by atoms with Gasteiger partial charge in [0, 0.05) is 11.8 Å². The van der Waals surface area contributed by atoms with Crippen LogP contribution in [0.25, 0.3) is 11.1 Å². The molecule has 0 atom stereocenters. The highest BCUT2D eigenvalue weighted by molar-refractivity contribution is 9.10. The number of aromatic hydroxyl groups is 1. The molecule has 2 heterocycles. The van der Waals surface area contributed by atoms with E-state index in [2.05, 4.69) is 25.8 Å². The van der Waals surface area contributed by atoms with Crippen molar-refractivity contribution in [2.24, 2.45) is 0 Å². The van der Waals surface area contributed by atoms with E-state index >= 15 is 0 Å². The Morgan fingerprint density at radius 3 is 2.67 bits per heavy atom. The largest absolute Gasteiger partial charge is 0.505 e. The Morgan fingerprint density at radius 1 is 1.27 bits per heavy atom. The fraction of sp³-hybridized carbons (Fsp3) is 0.158. The van der Waals surface area contributed by atoms with Gasteiger partial charge in [0.15, 0.2) is 11.6 Å². The molecule has 3 aromatic rings. The van der Waals surface area contributed by atoms with E-state index in [4.69, 9.17) is 9.47 Å². The van der Waals surface area contributed by atoms with E-state index in [1.807, 2.05) is 0 Å². The van der Waals surface area contributed by atoms with Crippen molar-refractivity contribution >= 4 is 37.6 Å². The lowest BCUT2D eigenvalue weighted by atomic mass is 10.1. The number of fused-ring (bicyclic) bond motifs is 6. The number of alkyl halides is 2. The number of nitrogens with one attached hydrogen (secondary N) is 1. The number of nitrogens with zero attached hydrogens (tertiary/aromatic N) is 2. The van der Waals surface area contributed by atoms with Gasteiger partial charge in [-0.05, 0) is 45.8 Å². The number of benzene rings is 2. The molecular formula is C19H13BrF3N3O6S. The molecule has 33 heavy (non-hydrogen) atoms. The minimum atomic E-state index is -4.60. The average molecular weight is 548 g/mol. The molecule has 0 saturated heterocycles. The number of hydrogen-bond donors (Lipinski definition) is 2. The SMILES string of the molecule is COc1c(F)cc2cc1NS(=O)(=O)c1cc(cc(Br)c1O)C(=O)OCc1nn(C(F)F)cc1-2. The van der Waals surface area contributed by atoms with Gasteiger partial charge in [0.05, 0.1) is 22.8 Å². The van der Waals surface area contributed by atoms with Crippen LogP contribution >= 0.6 is 15.9 Å². The lowest BCUT2D eigenvalue weighted by Crippen LogP contribution is -2.15. The number of aromatic nitrogens is 2. The van der Waals surface area contributed by atoms with E-state index in [0.29, 0.717) is 4.68 Å². The third kappa shape index (κ3) is 4.11. The number of anilines is 1. The van der Waals surface area contributed by atoms with Crippen molar-refractivity contribution in [1.29, 1.82) is 0 Å². The fourth-order valence-corrected chi connectivity index (χ4v) is 5.01. The second kappa shape index (κ2) is 8.26. The molecule has 0 spiro atoms. The minimum Gasteiger partial charge on any atom is -0.505 e. The van der Waals surface area contributed by atoms with Crippen LogP contribution in [0.1, 0.15) is 22.6 Å². The number of cyclic esters (lactones) is 1. The Labute approximate surface area is 192 Å². The monoisotopic (exact) mass is 547 g/mol. The highest BCUT2D eigenvalue weighted by Gasteiger charge is 2.28. The Morgan fingerprint density at radius 2 is 2.00 bits per heavy atom. The van der Waals surface area contributed by atoms with E-state index in [1.165, 1.54) is 0 Å². The van der Waals surface area contributed by atoms with Crippen LogP contribution in [0.15, 0.2) is 39.8 Å². The van der Waals surface area contributed by atoms with Gasteiger partial charge in [0.1, 0.15) is 22.9 Å². The van der Waals surface area contributed by atoms with Crippen LogP contribution in [0, 0.1) is 5.82 Å². The molecule has 9 nitrogen and oxygen atoms in total. The molecule has 1 aliphatic heterocycles. The molecule has 174 valence electrons. The summed E-state index contributed by atoms with van der Waals surface area (Å²) in [6.45, 7) is -3.62. The first-order valence-electron chi connectivity index (χ1n) is 8.98. The van der Waals surface area contributed by atoms with Crippen LogP contribution in [-0.2, 0) is 21.4 Å². The van der Waals surface area contributed by atoms with Gasteiger partial charge in [-0.25, -0.2) is 22.3 Å². The molecule has 1 aliphatic rings. The molecule has 0 radical (unpaired) electrons. The van der Waals surface area contributed by atoms with Crippen LogP contribution in [0.2, 0.25) is 0 Å². The van der Waals surface area contributed by atoms with Gasteiger partial charge in [-0.1, -0.05) is 0 Å². The van der Waals surface area contributed by atoms with E-state index in [1.54, 1.807) is 0 Å². The Hall–Kier alpha value is -3.26. The number of esters is 1. The normalized spacial score (nSPS) is 14.9. The number of sulfonamides is 1. The van der Waals surface area contributed by atoms with Gasteiger partial charge in [0.2, 0.25) is 0 Å². The third-order valence-electron chi connectivity index (χ3n) is 4.71. The van der Waals surface area contributed by atoms with E-state index < -0.39 is 51.4 Å². The maximum atomic E-state index is 14.8. The van der Waals surface area contributed by atoms with Gasteiger partial charge >= 0.3 is 12.5 Å². The molecule has 0 aliphatic carbocycles. The van der Waals surface area contributed by atoms with Gasteiger partial charge in [0.25, 0.3) is 10.0 Å². The Balaban J connectivity index is 2.02. The van der Waals surface area contributed by atoms with Gasteiger partial charge < -0.3 is 14.6 Å². The fourth-order valence-electron chi connectivity index (χ4n) is 3.22. The van der Waals surface area contributed by atoms with Gasteiger partial charge in [-0.2, -0.15) is 13.9 Å². The number of phenols is 1. The number of halogens is 4. The number of hydrogen-bond acceptors (Lipinski definition) is 7. The molecule has 0 unspecified atom stereocenters. The molecule has 4 rings (SSSR count). The van der Waals surface area contributed by atoms with Crippen LogP contribution < -0.4 is 9.46 Å². The van der Waals surface area contributed by atoms with Crippen molar-refractivity contribution in [2.75, 3.05) is 11.8 Å². The van der Waals surface area contributed by atoms with Crippen molar-refractivity contribution in [3.05, 3.63) is 52.0 Å². The van der Waals surface area contributed by atoms with Crippen molar-refractivity contribution in [3.8, 4) is 22.6 Å². The lowest BCUT2D eigenvalue weighted by molar-refractivity contribution is 0.0446. The summed E-state index contributed by atoms with van der Waals surface area (Å²) < 4.78 is 79.7. The van der Waals surface area contributed by atoms with E-state index in [0.717, 1.165) is 37.6 Å². The van der Waals surface area contributed by atoms with Gasteiger partial charge in [-0.3, -0.25) is 4.72 Å². The van der Waals surface area contributed by atoms with Crippen LogP contribution in [0.3, 0.4) is 0 Å². The zero-order valence-electron chi connectivity index (χ0n) is 16.5. The van der Waals surface area contributed by atoms with Crippen molar-refractivity contribution < 1.29 is 41.0 Å². The maximum Gasteiger partial charge on any atom is 0.338 e. The number of ether oxygens (including phenoxy) is 2. The zero-order valence-corrected chi connectivity index (χ0v) is 18.9. The molecule has 2 aromatic carbocycles. The highest BCUT2D eigenvalue weighted by atomic mass is 79.9. The topological polar surface area (TPSA) is 120 Å². The van der Waals surface area contributed by atoms with E-state index in [-0.39, 0.29) is 32.5 Å². The Kier molecular flexibility index (Phi) is 5.74. The molecule has 14 heteroatoms. The van der Waals surface area contributed by atoms with Crippen molar-refractivity contribution in [3.63, 3.8) is 0 Å².